The first-order chi connectivity index (χ1) is 9.19. The maximum Gasteiger partial charge on any atom is 0.191 e. The van der Waals surface area contributed by atoms with Gasteiger partial charge in [0.25, 0.3) is 0 Å². The third-order valence-corrected chi connectivity index (χ3v) is 4.05. The first kappa shape index (κ1) is 18.0. The zero-order valence-corrected chi connectivity index (χ0v) is 15.5. The normalized spacial score (nSPS) is 24.4. The Morgan fingerprint density at radius 1 is 1.30 bits per heavy atom. The van der Waals surface area contributed by atoms with Crippen molar-refractivity contribution in [2.45, 2.75) is 58.5 Å². The van der Waals surface area contributed by atoms with Gasteiger partial charge >= 0.3 is 0 Å². The quantitative estimate of drug-likeness (QED) is 0.428. The highest BCUT2D eigenvalue weighted by atomic mass is 127. The molecule has 4 nitrogen and oxygen atoms in total. The van der Waals surface area contributed by atoms with Gasteiger partial charge in [-0.15, -0.1) is 24.0 Å². The highest BCUT2D eigenvalue weighted by molar-refractivity contribution is 14.0. The van der Waals surface area contributed by atoms with Gasteiger partial charge in [0.1, 0.15) is 0 Å². The largest absolute Gasteiger partial charge is 0.357 e. The minimum absolute atomic E-state index is 0. The number of aliphatic imine (C=N–C) groups is 1. The third-order valence-electron chi connectivity index (χ3n) is 4.05. The second-order valence-corrected chi connectivity index (χ2v) is 6.24. The Kier molecular flexibility index (Phi) is 8.17. The summed E-state index contributed by atoms with van der Waals surface area (Å²) in [4.78, 5) is 7.37. The van der Waals surface area contributed by atoms with Gasteiger partial charge in [-0.1, -0.05) is 0 Å². The number of piperidine rings is 1. The fourth-order valence-electron chi connectivity index (χ4n) is 2.68. The topological polar surface area (TPSA) is 39.7 Å². The van der Waals surface area contributed by atoms with Crippen LogP contribution in [-0.2, 0) is 0 Å². The van der Waals surface area contributed by atoms with Crippen molar-refractivity contribution in [2.24, 2.45) is 10.9 Å². The van der Waals surface area contributed by atoms with Gasteiger partial charge in [-0.3, -0.25) is 4.99 Å². The number of likely N-dealkylation sites (tertiary alicyclic amines) is 1. The fraction of sp³-hybridized carbons (Fsp3) is 0.933. The summed E-state index contributed by atoms with van der Waals surface area (Å²) in [7, 11) is 0. The monoisotopic (exact) mass is 394 g/mol. The van der Waals surface area contributed by atoms with Gasteiger partial charge in [0, 0.05) is 31.7 Å². The molecular formula is C15H31IN4. The minimum atomic E-state index is 0. The van der Waals surface area contributed by atoms with E-state index in [1.807, 2.05) is 0 Å². The summed E-state index contributed by atoms with van der Waals surface area (Å²) < 4.78 is 0. The van der Waals surface area contributed by atoms with E-state index in [9.17, 15) is 0 Å². The van der Waals surface area contributed by atoms with Crippen LogP contribution in [-0.4, -0.2) is 49.1 Å². The van der Waals surface area contributed by atoms with Crippen molar-refractivity contribution in [3.05, 3.63) is 0 Å². The molecular weight excluding hydrogens is 363 g/mol. The Bertz CT molecular complexity index is 302. The van der Waals surface area contributed by atoms with Crippen molar-refractivity contribution in [3.8, 4) is 0 Å². The zero-order valence-electron chi connectivity index (χ0n) is 13.2. The molecule has 0 amide bonds. The van der Waals surface area contributed by atoms with Crippen LogP contribution in [0.15, 0.2) is 4.99 Å². The summed E-state index contributed by atoms with van der Waals surface area (Å²) in [6.07, 6.45) is 5.25. The van der Waals surface area contributed by atoms with E-state index in [4.69, 9.17) is 4.99 Å². The van der Waals surface area contributed by atoms with Gasteiger partial charge < -0.3 is 15.5 Å². The molecule has 2 N–H and O–H groups in total. The summed E-state index contributed by atoms with van der Waals surface area (Å²) in [6, 6.07) is 1.35. The van der Waals surface area contributed by atoms with E-state index in [0.717, 1.165) is 25.0 Å². The maximum absolute atomic E-state index is 4.78. The second kappa shape index (κ2) is 9.07. The summed E-state index contributed by atoms with van der Waals surface area (Å²) in [5.74, 6) is 1.75. The van der Waals surface area contributed by atoms with Crippen LogP contribution in [0, 0.1) is 5.92 Å². The third kappa shape index (κ3) is 6.16. The molecule has 2 aliphatic rings. The molecule has 118 valence electrons. The highest BCUT2D eigenvalue weighted by Gasteiger charge is 2.23. The van der Waals surface area contributed by atoms with Crippen molar-refractivity contribution in [1.82, 2.24) is 15.5 Å². The molecule has 0 spiro atoms. The van der Waals surface area contributed by atoms with Gasteiger partial charge in [0.2, 0.25) is 0 Å². The number of hydrogen-bond donors (Lipinski definition) is 2. The fourth-order valence-corrected chi connectivity index (χ4v) is 2.68. The highest BCUT2D eigenvalue weighted by Crippen LogP contribution is 2.20. The van der Waals surface area contributed by atoms with Gasteiger partial charge in [0.15, 0.2) is 5.96 Å². The molecule has 0 aromatic heterocycles. The molecule has 20 heavy (non-hydrogen) atoms. The first-order valence-electron chi connectivity index (χ1n) is 7.98. The van der Waals surface area contributed by atoms with E-state index in [-0.39, 0.29) is 24.0 Å². The Morgan fingerprint density at radius 3 is 2.65 bits per heavy atom. The van der Waals surface area contributed by atoms with E-state index in [1.165, 1.54) is 38.8 Å². The van der Waals surface area contributed by atoms with Gasteiger partial charge in [-0.2, -0.15) is 0 Å². The van der Waals surface area contributed by atoms with Gasteiger partial charge in [0.05, 0.1) is 0 Å². The molecule has 2 fully saturated rings. The summed E-state index contributed by atoms with van der Waals surface area (Å²) >= 11 is 0. The second-order valence-electron chi connectivity index (χ2n) is 6.24. The molecule has 1 aliphatic carbocycles. The lowest BCUT2D eigenvalue weighted by molar-refractivity contribution is 0.143. The van der Waals surface area contributed by atoms with Crippen molar-refractivity contribution in [2.75, 3.05) is 26.2 Å². The number of nitrogens with one attached hydrogen (secondary N) is 2. The molecule has 1 unspecified atom stereocenters. The van der Waals surface area contributed by atoms with Crippen LogP contribution >= 0.6 is 24.0 Å². The average Bonchev–Trinajstić information content (AvgIpc) is 3.20. The van der Waals surface area contributed by atoms with Crippen molar-refractivity contribution in [3.63, 3.8) is 0 Å². The summed E-state index contributed by atoms with van der Waals surface area (Å²) in [5, 5.41) is 6.84. The summed E-state index contributed by atoms with van der Waals surface area (Å²) in [6.45, 7) is 11.1. The molecule has 0 radical (unpaired) electrons. The van der Waals surface area contributed by atoms with Crippen LogP contribution in [0.1, 0.15) is 46.5 Å². The van der Waals surface area contributed by atoms with Crippen LogP contribution in [0.5, 0.6) is 0 Å². The first-order valence-corrected chi connectivity index (χ1v) is 7.98. The van der Waals surface area contributed by atoms with E-state index in [1.54, 1.807) is 0 Å². The predicted molar refractivity (Wildman–Crippen MR) is 97.0 cm³/mol. The van der Waals surface area contributed by atoms with E-state index in [2.05, 4.69) is 36.3 Å². The van der Waals surface area contributed by atoms with Crippen LogP contribution < -0.4 is 10.6 Å². The van der Waals surface area contributed by atoms with E-state index >= 15 is 0 Å². The lowest BCUT2D eigenvalue weighted by Gasteiger charge is -2.34. The Hall–Kier alpha value is -0.0400. The lowest BCUT2D eigenvalue weighted by atomic mass is 9.97. The molecule has 5 heteroatoms. The molecule has 0 bridgehead atoms. The molecule has 0 aromatic carbocycles. The number of rotatable bonds is 5. The molecule has 1 saturated carbocycles. The number of guanidine groups is 1. The molecule has 1 saturated heterocycles. The minimum Gasteiger partial charge on any atom is -0.357 e. The maximum atomic E-state index is 4.78. The average molecular weight is 394 g/mol. The SMILES string of the molecule is CCNC(=NCC1CCCN(C(C)C)C1)NC1CC1.I. The number of hydrogen-bond acceptors (Lipinski definition) is 2. The lowest BCUT2D eigenvalue weighted by Crippen LogP contribution is -2.42. The van der Waals surface area contributed by atoms with Crippen LogP contribution in [0.25, 0.3) is 0 Å². The van der Waals surface area contributed by atoms with Crippen molar-refractivity contribution < 1.29 is 0 Å². The standard InChI is InChI=1S/C15H30N4.HI/c1-4-16-15(18-14-7-8-14)17-10-13-6-5-9-19(11-13)12(2)3;/h12-14H,4-11H2,1-3H3,(H2,16,17,18);1H. The smallest absolute Gasteiger partial charge is 0.191 e. The predicted octanol–water partition coefficient (Wildman–Crippen LogP) is 2.44. The molecule has 1 atom stereocenters. The van der Waals surface area contributed by atoms with Crippen LogP contribution in [0.3, 0.4) is 0 Å². The zero-order chi connectivity index (χ0) is 13.7. The van der Waals surface area contributed by atoms with Crippen molar-refractivity contribution >= 4 is 29.9 Å². The van der Waals surface area contributed by atoms with Crippen LogP contribution in [0.2, 0.25) is 0 Å². The number of halogens is 1. The van der Waals surface area contributed by atoms with Crippen molar-refractivity contribution in [1.29, 1.82) is 0 Å². The Balaban J connectivity index is 0.00000200. The number of nitrogens with zero attached hydrogens (tertiary/aromatic N) is 2. The molecule has 1 aliphatic heterocycles. The Labute approximate surface area is 141 Å². The van der Waals surface area contributed by atoms with E-state index in [0.29, 0.717) is 12.1 Å². The van der Waals surface area contributed by atoms with Gasteiger partial charge in [-0.05, 0) is 58.9 Å². The Morgan fingerprint density at radius 2 is 2.05 bits per heavy atom. The van der Waals surface area contributed by atoms with E-state index < -0.39 is 0 Å². The van der Waals surface area contributed by atoms with Gasteiger partial charge in [-0.25, -0.2) is 0 Å². The molecule has 0 aromatic rings. The molecule has 1 heterocycles. The molecule has 2 rings (SSSR count). The summed E-state index contributed by atoms with van der Waals surface area (Å²) in [5.41, 5.74) is 0. The van der Waals surface area contributed by atoms with Crippen LogP contribution in [0.4, 0.5) is 0 Å².